The van der Waals surface area contributed by atoms with Crippen LogP contribution in [-0.2, 0) is 7.05 Å². The first kappa shape index (κ1) is 25.0. The number of aromatic nitrogens is 4. The zero-order valence-corrected chi connectivity index (χ0v) is 17.0. The fourth-order valence-electron chi connectivity index (χ4n) is 2.65. The van der Waals surface area contributed by atoms with Gasteiger partial charge in [-0.3, -0.25) is 9.48 Å². The second-order valence-corrected chi connectivity index (χ2v) is 6.83. The van der Waals surface area contributed by atoms with E-state index in [1.54, 1.807) is 0 Å². The van der Waals surface area contributed by atoms with Crippen molar-refractivity contribution in [2.24, 2.45) is 7.05 Å². The Morgan fingerprint density at radius 1 is 0.912 bits per heavy atom. The Balaban J connectivity index is 2.02. The highest BCUT2D eigenvalue weighted by molar-refractivity contribution is 5.54. The fraction of sp³-hybridized carbons (Fsp3) is 0.316. The second-order valence-electron chi connectivity index (χ2n) is 6.83. The molecule has 0 saturated carbocycles. The van der Waals surface area contributed by atoms with Crippen LogP contribution in [0.25, 0.3) is 17.1 Å². The zero-order valence-electron chi connectivity index (χ0n) is 17.0. The van der Waals surface area contributed by atoms with Crippen LogP contribution in [0, 0.1) is 0 Å². The molecule has 3 rings (SSSR count). The summed E-state index contributed by atoms with van der Waals surface area (Å²) in [5, 5.41) is 3.86. The van der Waals surface area contributed by atoms with Crippen LogP contribution >= 0.6 is 0 Å². The molecule has 0 N–H and O–H groups in total. The Morgan fingerprint density at radius 3 is 2.09 bits per heavy atom. The van der Waals surface area contributed by atoms with Gasteiger partial charge in [0.25, 0.3) is 5.56 Å². The van der Waals surface area contributed by atoms with Crippen LogP contribution in [0.1, 0.15) is 0 Å². The Bertz CT molecular complexity index is 1200. The van der Waals surface area contributed by atoms with Crippen molar-refractivity contribution < 1.29 is 44.6 Å². The molecule has 0 aliphatic rings. The van der Waals surface area contributed by atoms with Crippen molar-refractivity contribution in [1.29, 1.82) is 0 Å². The third-order valence-electron chi connectivity index (χ3n) is 4.27. The van der Waals surface area contributed by atoms with E-state index in [-0.39, 0.29) is 22.8 Å². The predicted molar refractivity (Wildman–Crippen MR) is 100 cm³/mol. The standard InChI is InChI=1S/C19H14F8N4O3/c1-30-14(6-7-28-30)13-8-15(32)31(16(29-13)34-9-17(20,21)19(25,26)27)11-2-4-12(5-3-11)33-10-18(22,23)24/h2-8H,9-10H2,1H3. The minimum Gasteiger partial charge on any atom is -0.484 e. The molecule has 0 bridgehead atoms. The molecule has 0 radical (unpaired) electrons. The SMILES string of the molecule is Cn1nccc1-c1cc(=O)n(-c2ccc(OCC(F)(F)F)cc2)c(OCC(F)(F)C(F)(F)F)n1. The third-order valence-corrected chi connectivity index (χ3v) is 4.27. The molecule has 0 atom stereocenters. The molecule has 0 aliphatic heterocycles. The van der Waals surface area contributed by atoms with Crippen LogP contribution in [0.15, 0.2) is 47.4 Å². The monoisotopic (exact) mass is 498 g/mol. The second kappa shape index (κ2) is 8.95. The molecule has 0 unspecified atom stereocenters. The summed E-state index contributed by atoms with van der Waals surface area (Å²) in [5.41, 5.74) is -0.969. The molecule has 15 heteroatoms. The molecule has 0 amide bonds. The van der Waals surface area contributed by atoms with Crippen LogP contribution in [0.2, 0.25) is 0 Å². The number of benzene rings is 1. The number of ether oxygens (including phenoxy) is 2. The first-order valence-electron chi connectivity index (χ1n) is 9.18. The normalized spacial score (nSPS) is 12.6. The van der Waals surface area contributed by atoms with E-state index < -0.39 is 43.1 Å². The summed E-state index contributed by atoms with van der Waals surface area (Å²) in [6.07, 6.45) is -9.19. The molecule has 3 aromatic rings. The van der Waals surface area contributed by atoms with Crippen molar-refractivity contribution in [3.8, 4) is 28.8 Å². The van der Waals surface area contributed by atoms with Gasteiger partial charge in [0.05, 0.1) is 17.1 Å². The smallest absolute Gasteiger partial charge is 0.456 e. The van der Waals surface area contributed by atoms with Crippen molar-refractivity contribution in [2.45, 2.75) is 18.3 Å². The molecule has 184 valence electrons. The Hall–Kier alpha value is -3.65. The molecular weight excluding hydrogens is 484 g/mol. The lowest BCUT2D eigenvalue weighted by molar-refractivity contribution is -0.290. The summed E-state index contributed by atoms with van der Waals surface area (Å²) in [4.78, 5) is 16.6. The van der Waals surface area contributed by atoms with E-state index in [1.807, 2.05) is 0 Å². The van der Waals surface area contributed by atoms with Gasteiger partial charge in [0.2, 0.25) is 0 Å². The molecular formula is C19H14F8N4O3. The van der Waals surface area contributed by atoms with Gasteiger partial charge in [0.15, 0.2) is 13.2 Å². The molecule has 2 aromatic heterocycles. The number of rotatable bonds is 7. The predicted octanol–water partition coefficient (Wildman–Crippen LogP) is 4.15. The highest BCUT2D eigenvalue weighted by atomic mass is 19.4. The topological polar surface area (TPSA) is 71.2 Å². The van der Waals surface area contributed by atoms with E-state index in [0.29, 0.717) is 4.57 Å². The number of aryl methyl sites for hydroxylation is 1. The minimum atomic E-state index is -5.92. The van der Waals surface area contributed by atoms with E-state index in [1.165, 1.54) is 24.0 Å². The summed E-state index contributed by atoms with van der Waals surface area (Å²) in [7, 11) is 1.47. The number of alkyl halides is 8. The van der Waals surface area contributed by atoms with Gasteiger partial charge >= 0.3 is 24.3 Å². The van der Waals surface area contributed by atoms with Gasteiger partial charge in [0.1, 0.15) is 5.75 Å². The largest absolute Gasteiger partial charge is 0.484 e. The molecule has 34 heavy (non-hydrogen) atoms. The van der Waals surface area contributed by atoms with Crippen LogP contribution in [0.4, 0.5) is 35.1 Å². The summed E-state index contributed by atoms with van der Waals surface area (Å²) in [5.74, 6) is -5.49. The minimum absolute atomic E-state index is 0.128. The molecule has 0 fully saturated rings. The summed E-state index contributed by atoms with van der Waals surface area (Å²) in [6, 6.07) is 5.69. The van der Waals surface area contributed by atoms with E-state index in [4.69, 9.17) is 0 Å². The summed E-state index contributed by atoms with van der Waals surface area (Å²) in [6.45, 7) is -3.77. The van der Waals surface area contributed by atoms with Crippen molar-refractivity contribution in [3.63, 3.8) is 0 Å². The van der Waals surface area contributed by atoms with Gasteiger partial charge in [0, 0.05) is 19.3 Å². The molecule has 0 aliphatic carbocycles. The van der Waals surface area contributed by atoms with Gasteiger partial charge in [-0.25, -0.2) is 4.57 Å². The highest BCUT2D eigenvalue weighted by Crippen LogP contribution is 2.36. The van der Waals surface area contributed by atoms with Gasteiger partial charge in [-0.05, 0) is 30.3 Å². The highest BCUT2D eigenvalue weighted by Gasteiger charge is 2.58. The molecule has 7 nitrogen and oxygen atoms in total. The first-order chi connectivity index (χ1) is 15.7. The molecule has 0 spiro atoms. The Kier molecular flexibility index (Phi) is 6.57. The third kappa shape index (κ3) is 5.63. The van der Waals surface area contributed by atoms with E-state index in [9.17, 15) is 39.9 Å². The van der Waals surface area contributed by atoms with Crippen molar-refractivity contribution in [1.82, 2.24) is 19.3 Å². The van der Waals surface area contributed by atoms with Gasteiger partial charge < -0.3 is 9.47 Å². The molecule has 0 saturated heterocycles. The van der Waals surface area contributed by atoms with Gasteiger partial charge in [-0.2, -0.15) is 45.2 Å². The van der Waals surface area contributed by atoms with Crippen molar-refractivity contribution in [3.05, 3.63) is 52.9 Å². The quantitative estimate of drug-likeness (QED) is 0.458. The number of hydrogen-bond donors (Lipinski definition) is 0. The van der Waals surface area contributed by atoms with Crippen LogP contribution in [0.5, 0.6) is 11.8 Å². The van der Waals surface area contributed by atoms with Crippen molar-refractivity contribution >= 4 is 0 Å². The van der Waals surface area contributed by atoms with Gasteiger partial charge in [-0.15, -0.1) is 0 Å². The number of halogens is 8. The summed E-state index contributed by atoms with van der Waals surface area (Å²) >= 11 is 0. The van der Waals surface area contributed by atoms with E-state index >= 15 is 0 Å². The number of nitrogens with zero attached hydrogens (tertiary/aromatic N) is 4. The fourth-order valence-corrected chi connectivity index (χ4v) is 2.65. The molecule has 2 heterocycles. The van der Waals surface area contributed by atoms with Crippen molar-refractivity contribution in [2.75, 3.05) is 13.2 Å². The average Bonchev–Trinajstić information content (AvgIpc) is 3.15. The number of hydrogen-bond acceptors (Lipinski definition) is 5. The van der Waals surface area contributed by atoms with E-state index in [0.717, 1.165) is 30.3 Å². The maximum Gasteiger partial charge on any atom is 0.456 e. The Morgan fingerprint density at radius 2 is 1.56 bits per heavy atom. The Labute approximate surface area is 185 Å². The molecule has 1 aromatic carbocycles. The lowest BCUT2D eigenvalue weighted by Gasteiger charge is -2.21. The maximum atomic E-state index is 13.4. The van der Waals surface area contributed by atoms with Crippen LogP contribution in [0.3, 0.4) is 0 Å². The van der Waals surface area contributed by atoms with E-state index in [2.05, 4.69) is 19.6 Å². The van der Waals surface area contributed by atoms with Gasteiger partial charge in [-0.1, -0.05) is 0 Å². The average molecular weight is 498 g/mol. The summed E-state index contributed by atoms with van der Waals surface area (Å²) < 4.78 is 113. The lowest BCUT2D eigenvalue weighted by Crippen LogP contribution is -2.42. The zero-order chi connectivity index (χ0) is 25.3. The van der Waals surface area contributed by atoms with Crippen LogP contribution < -0.4 is 15.0 Å². The maximum absolute atomic E-state index is 13.4. The van der Waals surface area contributed by atoms with Crippen LogP contribution in [-0.4, -0.2) is 50.8 Å². The lowest BCUT2D eigenvalue weighted by atomic mass is 10.2. The first-order valence-corrected chi connectivity index (χ1v) is 9.18.